The van der Waals surface area contributed by atoms with E-state index < -0.39 is 40.4 Å². The lowest BCUT2D eigenvalue weighted by molar-refractivity contribution is -0.139. The highest BCUT2D eigenvalue weighted by Crippen LogP contribution is 2.28. The average Bonchev–Trinajstić information content (AvgIpc) is 2.62. The molecule has 3 rings (SSSR count). The first kappa shape index (κ1) is 17.8. The van der Waals surface area contributed by atoms with Gasteiger partial charge in [0.15, 0.2) is 17.5 Å². The molecule has 9 heteroatoms. The summed E-state index contributed by atoms with van der Waals surface area (Å²) in [6, 6.07) is 5.65. The number of carbonyl (C=O) groups is 2. The Morgan fingerprint density at radius 1 is 1.00 bits per heavy atom. The molecule has 138 valence electrons. The molecule has 9 nitrogen and oxygen atoms in total. The number of aliphatic carboxylic acids is 1. The maximum absolute atomic E-state index is 12.5. The number of aromatic hydroxyl groups is 3. The summed E-state index contributed by atoms with van der Waals surface area (Å²) >= 11 is 0. The Morgan fingerprint density at radius 3 is 2.26 bits per heavy atom. The minimum atomic E-state index is -1.47. The zero-order valence-electron chi connectivity index (χ0n) is 13.5. The quantitative estimate of drug-likeness (QED) is 0.431. The van der Waals surface area contributed by atoms with Crippen molar-refractivity contribution >= 4 is 22.8 Å². The molecule has 3 aromatic rings. The van der Waals surface area contributed by atoms with E-state index in [2.05, 4.69) is 5.32 Å². The van der Waals surface area contributed by atoms with Crippen molar-refractivity contribution in [3.8, 4) is 17.2 Å². The molecule has 1 aromatic heterocycles. The highest BCUT2D eigenvalue weighted by molar-refractivity contribution is 5.99. The fourth-order valence-corrected chi connectivity index (χ4v) is 2.47. The summed E-state index contributed by atoms with van der Waals surface area (Å²) in [5.74, 6) is -3.52. The molecule has 1 atom stereocenters. The molecular formula is C18H13NO8. The van der Waals surface area contributed by atoms with Crippen LogP contribution in [-0.4, -0.2) is 32.3 Å². The molecule has 0 spiro atoms. The van der Waals surface area contributed by atoms with Crippen molar-refractivity contribution in [2.75, 3.05) is 0 Å². The van der Waals surface area contributed by atoms with Gasteiger partial charge in [-0.05, 0) is 23.8 Å². The van der Waals surface area contributed by atoms with E-state index in [0.717, 1.165) is 18.4 Å². The number of phenolic OH excluding ortho intramolecular Hbond substituents is 3. The van der Waals surface area contributed by atoms with Gasteiger partial charge in [0.25, 0.3) is 5.91 Å². The van der Waals surface area contributed by atoms with Gasteiger partial charge in [-0.1, -0.05) is 12.1 Å². The predicted molar refractivity (Wildman–Crippen MR) is 91.8 cm³/mol. The lowest BCUT2D eigenvalue weighted by atomic mass is 10.1. The molecule has 0 aliphatic heterocycles. The first-order valence-electron chi connectivity index (χ1n) is 7.58. The van der Waals surface area contributed by atoms with Crippen LogP contribution >= 0.6 is 0 Å². The Hall–Kier alpha value is -4.01. The number of hydrogen-bond acceptors (Lipinski definition) is 7. The first-order valence-corrected chi connectivity index (χ1v) is 7.58. The van der Waals surface area contributed by atoms with Crippen LogP contribution in [0.5, 0.6) is 17.2 Å². The number of benzene rings is 2. The van der Waals surface area contributed by atoms with Crippen LogP contribution in [0.1, 0.15) is 22.0 Å². The molecule has 27 heavy (non-hydrogen) atoms. The van der Waals surface area contributed by atoms with Gasteiger partial charge in [-0.2, -0.15) is 0 Å². The van der Waals surface area contributed by atoms with Crippen molar-refractivity contribution < 1.29 is 34.4 Å². The monoisotopic (exact) mass is 371 g/mol. The Kier molecular flexibility index (Phi) is 4.43. The van der Waals surface area contributed by atoms with E-state index >= 15 is 0 Å². The number of carbonyl (C=O) groups excluding carboxylic acids is 1. The summed E-state index contributed by atoms with van der Waals surface area (Å²) in [6.07, 6.45) is 0.840. The Bertz CT molecular complexity index is 1100. The standard InChI is InChI=1S/C18H13NO8/c20-9-3-1-8(2-4-9)15(18(25)26)19-17(24)11-7-27-14-6-13(22)12(21)5-10(14)16(11)23/h1-7,15,20-22H,(H,19,24)(H,25,26). The van der Waals surface area contributed by atoms with Crippen molar-refractivity contribution in [3.63, 3.8) is 0 Å². The third-order valence-electron chi connectivity index (χ3n) is 3.86. The highest BCUT2D eigenvalue weighted by atomic mass is 16.4. The maximum atomic E-state index is 12.5. The van der Waals surface area contributed by atoms with Crippen LogP contribution in [0.15, 0.2) is 51.9 Å². The minimum absolute atomic E-state index is 0.0554. The number of amides is 1. The predicted octanol–water partition coefficient (Wildman–Crippen LogP) is 1.47. The highest BCUT2D eigenvalue weighted by Gasteiger charge is 2.25. The molecule has 0 aliphatic carbocycles. The van der Waals surface area contributed by atoms with Gasteiger partial charge in [0.2, 0.25) is 5.43 Å². The second kappa shape index (κ2) is 6.71. The molecule has 2 aromatic carbocycles. The normalized spacial score (nSPS) is 11.9. The lowest BCUT2D eigenvalue weighted by Gasteiger charge is -2.15. The van der Waals surface area contributed by atoms with E-state index in [9.17, 15) is 34.8 Å². The SMILES string of the molecule is O=C(NC(C(=O)O)c1ccc(O)cc1)c1coc2cc(O)c(O)cc2c1=O. The van der Waals surface area contributed by atoms with Crippen LogP contribution in [0, 0.1) is 0 Å². The molecule has 0 saturated carbocycles. The van der Waals surface area contributed by atoms with Crippen molar-refractivity contribution in [3.05, 3.63) is 64.0 Å². The van der Waals surface area contributed by atoms with Gasteiger partial charge >= 0.3 is 5.97 Å². The van der Waals surface area contributed by atoms with Crippen LogP contribution in [0.25, 0.3) is 11.0 Å². The van der Waals surface area contributed by atoms with Crippen molar-refractivity contribution in [1.82, 2.24) is 5.32 Å². The summed E-state index contributed by atoms with van der Waals surface area (Å²) in [7, 11) is 0. The van der Waals surface area contributed by atoms with Gasteiger partial charge in [0.1, 0.15) is 23.2 Å². The topological polar surface area (TPSA) is 157 Å². The second-order valence-electron chi connectivity index (χ2n) is 5.65. The molecule has 0 radical (unpaired) electrons. The van der Waals surface area contributed by atoms with Gasteiger partial charge in [0.05, 0.1) is 5.39 Å². The molecule has 0 bridgehead atoms. The largest absolute Gasteiger partial charge is 0.508 e. The van der Waals surface area contributed by atoms with E-state index in [1.807, 2.05) is 0 Å². The number of rotatable bonds is 4. The second-order valence-corrected chi connectivity index (χ2v) is 5.65. The molecule has 0 aliphatic rings. The summed E-state index contributed by atoms with van der Waals surface area (Å²) in [6.45, 7) is 0. The minimum Gasteiger partial charge on any atom is -0.508 e. The number of hydrogen-bond donors (Lipinski definition) is 5. The average molecular weight is 371 g/mol. The lowest BCUT2D eigenvalue weighted by Crippen LogP contribution is -2.36. The molecule has 1 heterocycles. The zero-order valence-corrected chi connectivity index (χ0v) is 13.5. The number of nitrogens with one attached hydrogen (secondary N) is 1. The van der Waals surface area contributed by atoms with Gasteiger partial charge in [-0.25, -0.2) is 4.79 Å². The molecule has 0 fully saturated rings. The van der Waals surface area contributed by atoms with Crippen LogP contribution < -0.4 is 10.7 Å². The molecule has 1 amide bonds. The third kappa shape index (κ3) is 3.38. The van der Waals surface area contributed by atoms with Gasteiger partial charge in [-0.3, -0.25) is 9.59 Å². The zero-order chi connectivity index (χ0) is 19.7. The van der Waals surface area contributed by atoms with E-state index in [1.165, 1.54) is 24.3 Å². The number of phenols is 3. The van der Waals surface area contributed by atoms with Crippen LogP contribution in [0.3, 0.4) is 0 Å². The van der Waals surface area contributed by atoms with E-state index in [-0.39, 0.29) is 22.3 Å². The van der Waals surface area contributed by atoms with Crippen LogP contribution in [0.4, 0.5) is 0 Å². The fraction of sp³-hybridized carbons (Fsp3) is 0.0556. The van der Waals surface area contributed by atoms with Crippen molar-refractivity contribution in [2.45, 2.75) is 6.04 Å². The van der Waals surface area contributed by atoms with Gasteiger partial charge < -0.3 is 30.2 Å². The van der Waals surface area contributed by atoms with Crippen LogP contribution in [-0.2, 0) is 4.79 Å². The first-order chi connectivity index (χ1) is 12.8. The fourth-order valence-electron chi connectivity index (χ4n) is 2.47. The Morgan fingerprint density at radius 2 is 1.63 bits per heavy atom. The van der Waals surface area contributed by atoms with E-state index in [1.54, 1.807) is 0 Å². The Balaban J connectivity index is 1.98. The third-order valence-corrected chi connectivity index (χ3v) is 3.86. The smallest absolute Gasteiger partial charge is 0.330 e. The molecule has 0 saturated heterocycles. The van der Waals surface area contributed by atoms with Gasteiger partial charge in [0, 0.05) is 6.07 Å². The van der Waals surface area contributed by atoms with E-state index in [0.29, 0.717) is 0 Å². The number of carboxylic acids is 1. The molecule has 5 N–H and O–H groups in total. The summed E-state index contributed by atoms with van der Waals surface area (Å²) < 4.78 is 5.13. The summed E-state index contributed by atoms with van der Waals surface area (Å²) in [4.78, 5) is 36.4. The van der Waals surface area contributed by atoms with E-state index in [4.69, 9.17) is 4.42 Å². The maximum Gasteiger partial charge on any atom is 0.330 e. The van der Waals surface area contributed by atoms with Crippen molar-refractivity contribution in [1.29, 1.82) is 0 Å². The number of fused-ring (bicyclic) bond motifs is 1. The summed E-state index contributed by atoms with van der Waals surface area (Å²) in [5, 5.41) is 39.7. The van der Waals surface area contributed by atoms with Crippen molar-refractivity contribution in [2.24, 2.45) is 0 Å². The molecule has 1 unspecified atom stereocenters. The van der Waals surface area contributed by atoms with Crippen LogP contribution in [0.2, 0.25) is 0 Å². The Labute approximate surface area is 150 Å². The number of carboxylic acid groups (broad SMARTS) is 1. The van der Waals surface area contributed by atoms with Gasteiger partial charge in [-0.15, -0.1) is 0 Å². The summed E-state index contributed by atoms with van der Waals surface area (Å²) in [5.41, 5.74) is -1.15. The molecular weight excluding hydrogens is 358 g/mol.